The van der Waals surface area contributed by atoms with Gasteiger partial charge in [0.15, 0.2) is 0 Å². The van der Waals surface area contributed by atoms with Crippen LogP contribution in [0.1, 0.15) is 38.2 Å². The largest absolute Gasteiger partial charge is 0.497 e. The lowest BCUT2D eigenvalue weighted by atomic mass is 9.74. The molecule has 2 aliphatic heterocycles. The van der Waals surface area contributed by atoms with Crippen molar-refractivity contribution in [2.45, 2.75) is 45.1 Å². The third-order valence-electron chi connectivity index (χ3n) is 7.38. The molecule has 2 saturated heterocycles. The van der Waals surface area contributed by atoms with E-state index in [1.54, 1.807) is 7.11 Å². The fourth-order valence-corrected chi connectivity index (χ4v) is 5.29. The maximum absolute atomic E-state index is 13.2. The van der Waals surface area contributed by atoms with Crippen molar-refractivity contribution in [3.63, 3.8) is 0 Å². The first-order valence-electron chi connectivity index (χ1n) is 12.0. The van der Waals surface area contributed by atoms with Crippen molar-refractivity contribution in [2.24, 2.45) is 11.1 Å². The number of carbonyl (C=O) groups is 2. The zero-order valence-electron chi connectivity index (χ0n) is 19.8. The summed E-state index contributed by atoms with van der Waals surface area (Å²) in [5.41, 5.74) is 8.52. The van der Waals surface area contributed by atoms with Crippen molar-refractivity contribution in [3.05, 3.63) is 54.1 Å². The van der Waals surface area contributed by atoms with Crippen LogP contribution in [0.4, 0.5) is 0 Å². The maximum atomic E-state index is 13.2. The van der Waals surface area contributed by atoms with Gasteiger partial charge in [-0.25, -0.2) is 0 Å². The highest BCUT2D eigenvalue weighted by atomic mass is 16.5. The van der Waals surface area contributed by atoms with E-state index in [2.05, 4.69) is 29.2 Å². The van der Waals surface area contributed by atoms with Gasteiger partial charge in [-0.2, -0.15) is 0 Å². The number of ether oxygens (including phenoxy) is 1. The number of nitrogens with two attached hydrogens (primary N) is 1. The summed E-state index contributed by atoms with van der Waals surface area (Å²) in [4.78, 5) is 30.0. The van der Waals surface area contributed by atoms with Gasteiger partial charge in [-0.3, -0.25) is 14.5 Å². The summed E-state index contributed by atoms with van der Waals surface area (Å²) in [5.74, 6) is 0.638. The Morgan fingerprint density at radius 2 is 1.58 bits per heavy atom. The monoisotopic (exact) mass is 449 g/mol. The second kappa shape index (κ2) is 9.96. The molecule has 2 heterocycles. The van der Waals surface area contributed by atoms with Gasteiger partial charge in [0, 0.05) is 13.1 Å². The second-order valence-electron chi connectivity index (χ2n) is 9.53. The molecule has 6 heteroatoms. The molecule has 2 unspecified atom stereocenters. The Hall–Kier alpha value is -2.86. The summed E-state index contributed by atoms with van der Waals surface area (Å²) in [6.07, 6.45) is 4.35. The molecular formula is C27H35N3O3. The molecule has 6 nitrogen and oxygen atoms in total. The van der Waals surface area contributed by atoms with E-state index in [1.807, 2.05) is 36.1 Å². The maximum Gasteiger partial charge on any atom is 0.239 e. The van der Waals surface area contributed by atoms with Crippen LogP contribution in [0.2, 0.25) is 0 Å². The minimum absolute atomic E-state index is 0.122. The molecular weight excluding hydrogens is 414 g/mol. The predicted octanol–water partition coefficient (Wildman–Crippen LogP) is 3.48. The molecule has 33 heavy (non-hydrogen) atoms. The van der Waals surface area contributed by atoms with Crippen molar-refractivity contribution in [3.8, 4) is 16.9 Å². The Morgan fingerprint density at radius 1 is 0.970 bits per heavy atom. The van der Waals surface area contributed by atoms with E-state index < -0.39 is 5.41 Å². The van der Waals surface area contributed by atoms with Crippen LogP contribution in [0, 0.1) is 5.41 Å². The lowest BCUT2D eigenvalue weighted by Gasteiger charge is -2.42. The fraction of sp³-hybridized carbons (Fsp3) is 0.481. The zero-order chi connectivity index (χ0) is 23.4. The van der Waals surface area contributed by atoms with Gasteiger partial charge >= 0.3 is 0 Å². The molecule has 2 aromatic rings. The average Bonchev–Trinajstić information content (AvgIpc) is 3.39. The quantitative estimate of drug-likeness (QED) is 0.702. The first-order chi connectivity index (χ1) is 15.9. The smallest absolute Gasteiger partial charge is 0.239 e. The van der Waals surface area contributed by atoms with E-state index in [0.717, 1.165) is 54.8 Å². The first-order valence-corrected chi connectivity index (χ1v) is 12.0. The third kappa shape index (κ3) is 5.06. The summed E-state index contributed by atoms with van der Waals surface area (Å²) in [5, 5.41) is 0. The van der Waals surface area contributed by atoms with Gasteiger partial charge in [-0.05, 0) is 80.9 Å². The van der Waals surface area contributed by atoms with Gasteiger partial charge in [-0.1, -0.05) is 36.4 Å². The van der Waals surface area contributed by atoms with Gasteiger partial charge in [0.2, 0.25) is 11.8 Å². The number of likely N-dealkylation sites (tertiary alicyclic amines) is 2. The van der Waals surface area contributed by atoms with Gasteiger partial charge in [0.1, 0.15) is 5.75 Å². The Labute approximate surface area is 196 Å². The summed E-state index contributed by atoms with van der Waals surface area (Å²) in [7, 11) is 1.66. The first kappa shape index (κ1) is 23.3. The number of hydrogen-bond acceptors (Lipinski definition) is 4. The van der Waals surface area contributed by atoms with Crippen molar-refractivity contribution in [2.75, 3.05) is 33.3 Å². The lowest BCUT2D eigenvalue weighted by Crippen LogP contribution is -2.56. The standard InChI is InChI=1S/C27H35N3O3/c1-20(29-15-3-4-16-29)25(31)30-17-5-14-27(19-30,26(28)32)18-21-6-8-22(9-7-21)23-10-12-24(33-2)13-11-23/h6-13,20H,3-5,14-19H2,1-2H3,(H2,28,32). The van der Waals surface area contributed by atoms with Crippen LogP contribution in [0.5, 0.6) is 5.75 Å². The third-order valence-corrected chi connectivity index (χ3v) is 7.38. The van der Waals surface area contributed by atoms with Crippen molar-refractivity contribution in [1.82, 2.24) is 9.80 Å². The fourth-order valence-electron chi connectivity index (χ4n) is 5.29. The Morgan fingerprint density at radius 3 is 2.15 bits per heavy atom. The average molecular weight is 450 g/mol. The number of carbonyl (C=O) groups excluding carboxylic acids is 2. The second-order valence-corrected chi connectivity index (χ2v) is 9.53. The van der Waals surface area contributed by atoms with Crippen LogP contribution in [0.3, 0.4) is 0 Å². The number of piperidine rings is 1. The van der Waals surface area contributed by atoms with E-state index in [9.17, 15) is 9.59 Å². The zero-order valence-corrected chi connectivity index (χ0v) is 19.8. The molecule has 2 aliphatic rings. The van der Waals surface area contributed by atoms with Crippen molar-refractivity contribution < 1.29 is 14.3 Å². The molecule has 2 aromatic carbocycles. The number of methoxy groups -OCH3 is 1. The van der Waals surface area contributed by atoms with Gasteiger partial charge in [0.25, 0.3) is 0 Å². The number of primary amides is 1. The summed E-state index contributed by atoms with van der Waals surface area (Å²) >= 11 is 0. The van der Waals surface area contributed by atoms with Crippen LogP contribution < -0.4 is 10.5 Å². The molecule has 0 saturated carbocycles. The normalized spacial score (nSPS) is 22.2. The van der Waals surface area contributed by atoms with E-state index in [4.69, 9.17) is 10.5 Å². The minimum atomic E-state index is -0.722. The van der Waals surface area contributed by atoms with Crippen LogP contribution in [-0.2, 0) is 16.0 Å². The Balaban J connectivity index is 1.48. The highest BCUT2D eigenvalue weighted by Crippen LogP contribution is 2.35. The number of nitrogens with zero attached hydrogens (tertiary/aromatic N) is 2. The molecule has 2 N–H and O–H groups in total. The van der Waals surface area contributed by atoms with Crippen molar-refractivity contribution in [1.29, 1.82) is 0 Å². The number of benzene rings is 2. The van der Waals surface area contributed by atoms with Crippen molar-refractivity contribution >= 4 is 11.8 Å². The van der Waals surface area contributed by atoms with Gasteiger partial charge < -0.3 is 15.4 Å². The predicted molar refractivity (Wildman–Crippen MR) is 130 cm³/mol. The molecule has 2 atom stereocenters. The molecule has 0 aliphatic carbocycles. The molecule has 0 spiro atoms. The Bertz CT molecular complexity index is 967. The minimum Gasteiger partial charge on any atom is -0.497 e. The van der Waals surface area contributed by atoms with Crippen LogP contribution in [0.15, 0.2) is 48.5 Å². The molecule has 0 aromatic heterocycles. The van der Waals surface area contributed by atoms with E-state index in [1.165, 1.54) is 0 Å². The number of hydrogen-bond donors (Lipinski definition) is 1. The van der Waals surface area contributed by atoms with Crippen LogP contribution in [-0.4, -0.2) is 60.9 Å². The van der Waals surface area contributed by atoms with Gasteiger partial charge in [0.05, 0.1) is 18.6 Å². The number of rotatable bonds is 7. The van der Waals surface area contributed by atoms with Crippen LogP contribution >= 0.6 is 0 Å². The molecule has 2 fully saturated rings. The van der Waals surface area contributed by atoms with Gasteiger partial charge in [-0.15, -0.1) is 0 Å². The summed E-state index contributed by atoms with van der Waals surface area (Å²) in [6.45, 7) is 5.04. The molecule has 0 bridgehead atoms. The molecule has 176 valence electrons. The summed E-state index contributed by atoms with van der Waals surface area (Å²) in [6, 6.07) is 16.1. The highest BCUT2D eigenvalue weighted by molar-refractivity contribution is 5.85. The topological polar surface area (TPSA) is 75.9 Å². The SMILES string of the molecule is COc1ccc(-c2ccc(CC3(C(N)=O)CCCN(C(=O)C(C)N4CCCC4)C3)cc2)cc1. The molecule has 4 rings (SSSR count). The van der Waals surface area contributed by atoms with Crippen LogP contribution in [0.25, 0.3) is 11.1 Å². The lowest BCUT2D eigenvalue weighted by molar-refractivity contribution is -0.143. The van der Waals surface area contributed by atoms with E-state index >= 15 is 0 Å². The molecule has 0 radical (unpaired) electrons. The summed E-state index contributed by atoms with van der Waals surface area (Å²) < 4.78 is 5.24. The Kier molecular flexibility index (Phi) is 7.03. The van der Waals surface area contributed by atoms with E-state index in [0.29, 0.717) is 25.9 Å². The molecule has 2 amide bonds. The highest BCUT2D eigenvalue weighted by Gasteiger charge is 2.43. The van der Waals surface area contributed by atoms with E-state index in [-0.39, 0.29) is 17.9 Å². The number of amides is 2.